The number of rotatable bonds is 16. The van der Waals surface area contributed by atoms with Crippen LogP contribution >= 0.6 is 0 Å². The van der Waals surface area contributed by atoms with E-state index in [2.05, 4.69) is 51.2 Å². The summed E-state index contributed by atoms with van der Waals surface area (Å²) in [4.78, 5) is 54.6. The number of piperazine rings is 1. The van der Waals surface area contributed by atoms with E-state index in [-0.39, 0.29) is 78.3 Å². The molecule has 70 heavy (non-hydrogen) atoms. The molecule has 0 radical (unpaired) electrons. The third-order valence-electron chi connectivity index (χ3n) is 13.3. The molecule has 10 rings (SSSR count). The number of hydrogen-bond donors (Lipinski definition) is 4. The van der Waals surface area contributed by atoms with E-state index < -0.39 is 17.5 Å². The van der Waals surface area contributed by atoms with Gasteiger partial charge in [0, 0.05) is 54.6 Å². The Morgan fingerprint density at radius 3 is 2.49 bits per heavy atom. The Hall–Kier alpha value is -7.54. The first-order valence-electron chi connectivity index (χ1n) is 23.7. The number of amides is 2. The van der Waals surface area contributed by atoms with E-state index in [9.17, 15) is 9.59 Å². The number of imidazole rings is 1. The third kappa shape index (κ3) is 9.44. The predicted octanol–water partition coefficient (Wildman–Crippen LogP) is 7.31. The number of nitrogens with zero attached hydrogens (tertiary/aromatic N) is 10. The fourth-order valence-electron chi connectivity index (χ4n) is 9.34. The molecular weight excluding hydrogens is 895 g/mol. The van der Waals surface area contributed by atoms with Crippen molar-refractivity contribution < 1.29 is 23.1 Å². The molecule has 5 heterocycles. The number of aryl methyl sites for hydroxylation is 1. The number of aromatic nitrogens is 8. The zero-order valence-electron chi connectivity index (χ0n) is 39.9. The van der Waals surface area contributed by atoms with Gasteiger partial charge in [0.2, 0.25) is 11.9 Å². The van der Waals surface area contributed by atoms with Gasteiger partial charge < -0.3 is 40.8 Å². The van der Waals surface area contributed by atoms with Gasteiger partial charge in [-0.3, -0.25) is 9.59 Å². The molecule has 0 bridgehead atoms. The molecular formula is C51H56F2N14O3. The monoisotopic (exact) mass is 950 g/mol. The summed E-state index contributed by atoms with van der Waals surface area (Å²) in [6, 6.07) is 13.5. The summed E-state index contributed by atoms with van der Waals surface area (Å²) in [5.41, 5.74) is 12.9. The van der Waals surface area contributed by atoms with Crippen LogP contribution in [0.4, 0.5) is 32.2 Å². The normalized spacial score (nSPS) is 17.0. The van der Waals surface area contributed by atoms with Gasteiger partial charge in [-0.2, -0.15) is 19.6 Å². The van der Waals surface area contributed by atoms with Crippen LogP contribution in [-0.4, -0.2) is 101 Å². The molecule has 17 nitrogen and oxygen atoms in total. The summed E-state index contributed by atoms with van der Waals surface area (Å²) in [6.07, 6.45) is 7.34. The van der Waals surface area contributed by atoms with Crippen molar-refractivity contribution in [2.75, 3.05) is 54.6 Å². The van der Waals surface area contributed by atoms with Gasteiger partial charge in [-0.1, -0.05) is 18.7 Å². The fraction of sp³-hybridized carbons (Fsp3) is 0.373. The number of ether oxygens (including phenoxy) is 1. The Morgan fingerprint density at radius 1 is 0.971 bits per heavy atom. The fourth-order valence-corrected chi connectivity index (χ4v) is 9.34. The van der Waals surface area contributed by atoms with Crippen molar-refractivity contribution in [3.05, 3.63) is 118 Å². The maximum atomic E-state index is 15.3. The molecule has 2 aliphatic carbocycles. The molecule has 4 aromatic heterocycles. The van der Waals surface area contributed by atoms with E-state index in [1.54, 1.807) is 24.6 Å². The lowest BCUT2D eigenvalue weighted by Crippen LogP contribution is -2.54. The Bertz CT molecular complexity index is 3190. The number of benzene rings is 3. The Balaban J connectivity index is 0.833. The van der Waals surface area contributed by atoms with Gasteiger partial charge in [0.05, 0.1) is 42.4 Å². The molecule has 3 fully saturated rings. The number of fused-ring (bicyclic) bond motifs is 2. The highest BCUT2D eigenvalue weighted by molar-refractivity contribution is 6.05. The summed E-state index contributed by atoms with van der Waals surface area (Å²) in [5, 5.41) is 14.5. The number of carbonyl (C=O) groups is 2. The van der Waals surface area contributed by atoms with Gasteiger partial charge in [0.1, 0.15) is 36.1 Å². The van der Waals surface area contributed by atoms with Crippen molar-refractivity contribution in [2.24, 2.45) is 0 Å². The number of likely N-dealkylation sites (N-methyl/N-ethyl adjacent to an activating group) is 1. The van der Waals surface area contributed by atoms with Crippen LogP contribution in [0.1, 0.15) is 89.8 Å². The minimum absolute atomic E-state index is 0.0124. The van der Waals surface area contributed by atoms with Gasteiger partial charge in [0.25, 0.3) is 11.8 Å². The number of hydrogen-bond acceptors (Lipinski definition) is 13. The second kappa shape index (κ2) is 18.8. The molecule has 2 amide bonds. The van der Waals surface area contributed by atoms with Crippen LogP contribution in [0, 0.1) is 25.5 Å². The Labute approximate surface area is 403 Å². The maximum absolute atomic E-state index is 15.3. The standard InChI is InChI=1S/C51H56F2N14O3/c1-27-7-14-42-41(17-27)60-43(22-55-50-63-51(65-24-29(3)59-30(4)25-65)62-47-38(33-10-11-33)21-58-67(47)50)66(42)23-28(2)49(69)64(6)15-16-70-45-44(56-26-57-46(45)54)37-19-35(52)20-40(31(37)5)61-48(68)36-13-12-34(18-39(36)53)32-8-9-32/h7,12-14,17-21,26,29-30,32-33,59H,2,8-11,15-16,22-25H2,1,3-6H3,(H,61,68)(H2,54,56,57)(H,55,62,63)/t29-,30+. The molecule has 19 heteroatoms. The zero-order valence-corrected chi connectivity index (χ0v) is 39.9. The number of anilines is 4. The van der Waals surface area contributed by atoms with Gasteiger partial charge in [-0.05, 0) is 118 Å². The number of nitrogens with one attached hydrogen (secondary N) is 3. The highest BCUT2D eigenvalue weighted by Crippen LogP contribution is 2.43. The number of halogens is 2. The summed E-state index contributed by atoms with van der Waals surface area (Å²) in [6.45, 7) is 14.3. The molecule has 0 spiro atoms. The van der Waals surface area contributed by atoms with E-state index >= 15 is 8.78 Å². The van der Waals surface area contributed by atoms with Gasteiger partial charge in [-0.15, -0.1) is 0 Å². The molecule has 2 saturated carbocycles. The summed E-state index contributed by atoms with van der Waals surface area (Å²) >= 11 is 0. The molecule has 3 aliphatic rings. The van der Waals surface area contributed by atoms with Crippen LogP contribution in [0.5, 0.6) is 5.75 Å². The molecule has 0 unspecified atom stereocenters. The van der Waals surface area contributed by atoms with Crippen LogP contribution in [0.2, 0.25) is 0 Å². The zero-order chi connectivity index (χ0) is 49.0. The molecule has 1 aliphatic heterocycles. The Morgan fingerprint density at radius 2 is 1.74 bits per heavy atom. The Kier molecular flexibility index (Phi) is 12.4. The highest BCUT2D eigenvalue weighted by atomic mass is 19.1. The van der Waals surface area contributed by atoms with E-state index in [4.69, 9.17) is 30.5 Å². The molecule has 7 aromatic rings. The molecule has 2 atom stereocenters. The highest BCUT2D eigenvalue weighted by Gasteiger charge is 2.31. The van der Waals surface area contributed by atoms with E-state index in [0.29, 0.717) is 40.7 Å². The minimum atomic E-state index is -0.721. The van der Waals surface area contributed by atoms with Crippen LogP contribution in [0.3, 0.4) is 0 Å². The van der Waals surface area contributed by atoms with Gasteiger partial charge >= 0.3 is 0 Å². The first-order chi connectivity index (χ1) is 33.7. The third-order valence-corrected chi connectivity index (χ3v) is 13.3. The lowest BCUT2D eigenvalue weighted by Gasteiger charge is -2.36. The average molecular weight is 951 g/mol. The van der Waals surface area contributed by atoms with Crippen molar-refractivity contribution in [1.29, 1.82) is 0 Å². The SMILES string of the molecule is C=C(Cn1c(CNc2nc(N3C[C@@H](C)N[C@@H](C)C3)nc3c(C4CC4)cnn23)nc2cc(C)ccc21)C(=O)N(C)CCOc1c(N)ncnc1-c1cc(F)cc(NC(=O)c2ccc(C3CC3)cc2F)c1C. The lowest BCUT2D eigenvalue weighted by atomic mass is 10.0. The number of nitrogen functional groups attached to an aromatic ring is 1. The van der Waals surface area contributed by atoms with Crippen LogP contribution < -0.4 is 31.3 Å². The summed E-state index contributed by atoms with van der Waals surface area (Å²) in [7, 11) is 1.65. The predicted molar refractivity (Wildman–Crippen MR) is 264 cm³/mol. The molecule has 362 valence electrons. The van der Waals surface area contributed by atoms with Crippen LogP contribution in [-0.2, 0) is 17.9 Å². The van der Waals surface area contributed by atoms with E-state index in [0.717, 1.165) is 78.2 Å². The van der Waals surface area contributed by atoms with Crippen molar-refractivity contribution >= 4 is 51.9 Å². The topological polar surface area (TPSA) is 199 Å². The van der Waals surface area contributed by atoms with Crippen molar-refractivity contribution in [3.8, 4) is 17.0 Å². The van der Waals surface area contributed by atoms with Crippen molar-refractivity contribution in [2.45, 2.75) is 90.4 Å². The molecule has 3 aromatic carbocycles. The van der Waals surface area contributed by atoms with E-state index in [1.165, 1.54) is 29.4 Å². The van der Waals surface area contributed by atoms with E-state index in [1.807, 2.05) is 35.9 Å². The second-order valence-corrected chi connectivity index (χ2v) is 19.0. The maximum Gasteiger partial charge on any atom is 0.258 e. The first kappa shape index (κ1) is 46.2. The molecule has 5 N–H and O–H groups in total. The second-order valence-electron chi connectivity index (χ2n) is 19.0. The molecule has 1 saturated heterocycles. The summed E-state index contributed by atoms with van der Waals surface area (Å²) in [5.74, 6) is 0.308. The summed E-state index contributed by atoms with van der Waals surface area (Å²) < 4.78 is 40.2. The van der Waals surface area contributed by atoms with Crippen LogP contribution in [0.25, 0.3) is 27.9 Å². The number of carbonyl (C=O) groups excluding carboxylic acids is 2. The van der Waals surface area contributed by atoms with Gasteiger partial charge in [-0.25, -0.2) is 23.7 Å². The minimum Gasteiger partial charge on any atom is -0.486 e. The lowest BCUT2D eigenvalue weighted by molar-refractivity contribution is -0.126. The van der Waals surface area contributed by atoms with Gasteiger partial charge in [0.15, 0.2) is 17.2 Å². The van der Waals surface area contributed by atoms with Crippen molar-refractivity contribution in [1.82, 2.24) is 49.3 Å². The van der Waals surface area contributed by atoms with Crippen molar-refractivity contribution in [3.63, 3.8) is 0 Å². The largest absolute Gasteiger partial charge is 0.486 e. The van der Waals surface area contributed by atoms with Crippen LogP contribution in [0.15, 0.2) is 73.2 Å². The average Bonchev–Trinajstić information content (AvgIpc) is 4.28. The first-order valence-corrected chi connectivity index (χ1v) is 23.7. The smallest absolute Gasteiger partial charge is 0.258 e. The quantitative estimate of drug-likeness (QED) is 0.0705. The number of nitrogens with two attached hydrogens (primary N) is 1.